The highest BCUT2D eigenvalue weighted by molar-refractivity contribution is 5.73. The number of hydrogen-bond donors (Lipinski definition) is 3. The minimum atomic E-state index is -0.226. The summed E-state index contributed by atoms with van der Waals surface area (Å²) in [6.07, 6.45) is 3.10. The second kappa shape index (κ2) is 5.41. The molecule has 110 valence electrons. The first-order chi connectivity index (χ1) is 10.1. The van der Waals surface area contributed by atoms with Gasteiger partial charge in [-0.3, -0.25) is 19.8 Å². The van der Waals surface area contributed by atoms with E-state index in [9.17, 15) is 4.79 Å². The Morgan fingerprint density at radius 1 is 1.48 bits per heavy atom. The summed E-state index contributed by atoms with van der Waals surface area (Å²) in [7, 11) is 3.92. The quantitative estimate of drug-likeness (QED) is 0.646. The van der Waals surface area contributed by atoms with Gasteiger partial charge in [0.15, 0.2) is 5.65 Å². The molecule has 0 radical (unpaired) electrons. The Balaban J connectivity index is 1.80. The van der Waals surface area contributed by atoms with Crippen LogP contribution in [0.4, 0.5) is 5.95 Å². The summed E-state index contributed by atoms with van der Waals surface area (Å²) in [6, 6.07) is 3.80. The monoisotopic (exact) mass is 288 g/mol. The van der Waals surface area contributed by atoms with Gasteiger partial charge in [0.05, 0.1) is 18.5 Å². The summed E-state index contributed by atoms with van der Waals surface area (Å²) >= 11 is 0. The van der Waals surface area contributed by atoms with Gasteiger partial charge in [-0.25, -0.2) is 0 Å². The van der Waals surface area contributed by atoms with E-state index in [0.29, 0.717) is 23.5 Å². The van der Waals surface area contributed by atoms with Gasteiger partial charge in [-0.05, 0) is 26.2 Å². The van der Waals surface area contributed by atoms with Gasteiger partial charge in [-0.1, -0.05) is 0 Å². The molecule has 8 heteroatoms. The minimum absolute atomic E-state index is 0.0303. The van der Waals surface area contributed by atoms with Crippen molar-refractivity contribution in [1.82, 2.24) is 25.1 Å². The predicted molar refractivity (Wildman–Crippen MR) is 78.1 cm³/mol. The lowest BCUT2D eigenvalue weighted by Crippen LogP contribution is -2.27. The number of nitrogens with zero attached hydrogens (tertiary/aromatic N) is 3. The molecule has 1 unspecified atom stereocenters. The predicted octanol–water partition coefficient (Wildman–Crippen LogP) is 0.954. The van der Waals surface area contributed by atoms with Crippen molar-refractivity contribution in [3.05, 3.63) is 40.7 Å². The van der Waals surface area contributed by atoms with Gasteiger partial charge in [0.2, 0.25) is 5.95 Å². The number of hydrogen-bond acceptors (Lipinski definition) is 6. The molecular formula is C13H16N6O2. The highest BCUT2D eigenvalue weighted by atomic mass is 16.3. The molecule has 0 aromatic carbocycles. The zero-order chi connectivity index (χ0) is 14.8. The standard InChI is InChI=1S/C13H16N6O2/c1-19(2)9(10-4-3-5-21-10)7-14-13-16-11-8(6-15-18-11)12(20)17-13/h3-6,9H,7H2,1-2H3,(H3,14,15,16,17,18,20). The maximum absolute atomic E-state index is 11.8. The highest BCUT2D eigenvalue weighted by Crippen LogP contribution is 2.18. The Bertz CT molecular complexity index is 773. The Morgan fingerprint density at radius 3 is 3.05 bits per heavy atom. The average molecular weight is 288 g/mol. The minimum Gasteiger partial charge on any atom is -0.468 e. The van der Waals surface area contributed by atoms with Gasteiger partial charge in [0.1, 0.15) is 11.1 Å². The van der Waals surface area contributed by atoms with Crippen molar-refractivity contribution >= 4 is 17.0 Å². The van der Waals surface area contributed by atoms with E-state index < -0.39 is 0 Å². The smallest absolute Gasteiger partial charge is 0.263 e. The average Bonchev–Trinajstić information content (AvgIpc) is 3.09. The van der Waals surface area contributed by atoms with Crippen molar-refractivity contribution in [3.8, 4) is 0 Å². The fourth-order valence-electron chi connectivity index (χ4n) is 2.14. The lowest BCUT2D eigenvalue weighted by atomic mass is 10.2. The molecule has 3 rings (SSSR count). The molecule has 0 amide bonds. The van der Waals surface area contributed by atoms with Crippen molar-refractivity contribution in [1.29, 1.82) is 0 Å². The molecule has 3 N–H and O–H groups in total. The fraction of sp³-hybridized carbons (Fsp3) is 0.308. The molecule has 0 aliphatic rings. The molecular weight excluding hydrogens is 272 g/mol. The van der Waals surface area contributed by atoms with Gasteiger partial charge in [0.25, 0.3) is 5.56 Å². The molecule has 0 spiro atoms. The molecule has 0 aliphatic carbocycles. The Kier molecular flexibility index (Phi) is 3.44. The summed E-state index contributed by atoms with van der Waals surface area (Å²) in [5.41, 5.74) is 0.233. The molecule has 3 aromatic heterocycles. The van der Waals surface area contributed by atoms with Crippen LogP contribution >= 0.6 is 0 Å². The first kappa shape index (κ1) is 13.4. The molecule has 0 fully saturated rings. The van der Waals surface area contributed by atoms with Crippen molar-refractivity contribution in [2.24, 2.45) is 0 Å². The molecule has 8 nitrogen and oxygen atoms in total. The SMILES string of the molecule is CN(C)C(CNc1nc2[nH]ncc2c(=O)[nH]1)c1ccco1. The number of fused-ring (bicyclic) bond motifs is 1. The molecule has 1 atom stereocenters. The fourth-order valence-corrected chi connectivity index (χ4v) is 2.14. The molecule has 0 aliphatic heterocycles. The van der Waals surface area contributed by atoms with Crippen molar-refractivity contribution < 1.29 is 4.42 Å². The van der Waals surface area contributed by atoms with E-state index in [2.05, 4.69) is 25.5 Å². The molecule has 0 saturated carbocycles. The Hall–Kier alpha value is -2.61. The maximum Gasteiger partial charge on any atom is 0.263 e. The van der Waals surface area contributed by atoms with Gasteiger partial charge in [-0.2, -0.15) is 10.1 Å². The Labute approximate surface area is 120 Å². The molecule has 0 bridgehead atoms. The molecule has 3 heterocycles. The lowest BCUT2D eigenvalue weighted by Gasteiger charge is -2.22. The molecule has 3 aromatic rings. The first-order valence-corrected chi connectivity index (χ1v) is 6.52. The number of H-pyrrole nitrogens is 2. The van der Waals surface area contributed by atoms with E-state index in [-0.39, 0.29) is 11.6 Å². The number of aromatic amines is 2. The van der Waals surface area contributed by atoms with Gasteiger partial charge < -0.3 is 9.73 Å². The van der Waals surface area contributed by atoms with Crippen LogP contribution in [0, 0.1) is 0 Å². The summed E-state index contributed by atoms with van der Waals surface area (Å²) < 4.78 is 5.44. The number of likely N-dealkylation sites (N-methyl/N-ethyl adjacent to an activating group) is 1. The van der Waals surface area contributed by atoms with Crippen LogP contribution in [0.5, 0.6) is 0 Å². The third-order valence-corrected chi connectivity index (χ3v) is 3.28. The van der Waals surface area contributed by atoms with Crippen LogP contribution in [0.3, 0.4) is 0 Å². The van der Waals surface area contributed by atoms with Crippen LogP contribution in [0.2, 0.25) is 0 Å². The van der Waals surface area contributed by atoms with Crippen LogP contribution in [-0.4, -0.2) is 45.7 Å². The third-order valence-electron chi connectivity index (χ3n) is 3.28. The molecule has 0 saturated heterocycles. The van der Waals surface area contributed by atoms with E-state index in [1.165, 1.54) is 6.20 Å². The van der Waals surface area contributed by atoms with Crippen LogP contribution in [0.25, 0.3) is 11.0 Å². The normalized spacial score (nSPS) is 12.9. The second-order valence-electron chi connectivity index (χ2n) is 4.92. The summed E-state index contributed by atoms with van der Waals surface area (Å²) in [4.78, 5) is 20.8. The topological polar surface area (TPSA) is 103 Å². The zero-order valence-electron chi connectivity index (χ0n) is 11.8. The largest absolute Gasteiger partial charge is 0.468 e. The Morgan fingerprint density at radius 2 is 2.33 bits per heavy atom. The van der Waals surface area contributed by atoms with Crippen molar-refractivity contribution in [3.63, 3.8) is 0 Å². The third kappa shape index (κ3) is 2.65. The van der Waals surface area contributed by atoms with E-state index in [0.717, 1.165) is 5.76 Å². The van der Waals surface area contributed by atoms with Gasteiger partial charge in [0, 0.05) is 6.54 Å². The van der Waals surface area contributed by atoms with E-state index in [1.54, 1.807) is 6.26 Å². The summed E-state index contributed by atoms with van der Waals surface area (Å²) in [6.45, 7) is 0.545. The number of rotatable bonds is 5. The van der Waals surface area contributed by atoms with Crippen LogP contribution < -0.4 is 10.9 Å². The number of anilines is 1. The van der Waals surface area contributed by atoms with Crippen LogP contribution in [0.15, 0.2) is 33.8 Å². The first-order valence-electron chi connectivity index (χ1n) is 6.52. The van der Waals surface area contributed by atoms with Crippen molar-refractivity contribution in [2.45, 2.75) is 6.04 Å². The summed E-state index contributed by atoms with van der Waals surface area (Å²) in [5, 5.41) is 10.1. The van der Waals surface area contributed by atoms with Gasteiger partial charge in [-0.15, -0.1) is 0 Å². The van der Waals surface area contributed by atoms with Gasteiger partial charge >= 0.3 is 0 Å². The number of nitrogens with one attached hydrogen (secondary N) is 3. The van der Waals surface area contributed by atoms with Crippen LogP contribution in [-0.2, 0) is 0 Å². The van der Waals surface area contributed by atoms with E-state index in [1.807, 2.05) is 31.1 Å². The van der Waals surface area contributed by atoms with Crippen LogP contribution in [0.1, 0.15) is 11.8 Å². The van der Waals surface area contributed by atoms with Crippen molar-refractivity contribution in [2.75, 3.05) is 26.0 Å². The second-order valence-corrected chi connectivity index (χ2v) is 4.92. The maximum atomic E-state index is 11.8. The van der Waals surface area contributed by atoms with E-state index >= 15 is 0 Å². The summed E-state index contributed by atoms with van der Waals surface area (Å²) in [5.74, 6) is 1.24. The highest BCUT2D eigenvalue weighted by Gasteiger charge is 2.17. The lowest BCUT2D eigenvalue weighted by molar-refractivity contribution is 0.269. The number of aromatic nitrogens is 4. The zero-order valence-corrected chi connectivity index (χ0v) is 11.8. The molecule has 21 heavy (non-hydrogen) atoms. The number of furan rings is 1. The van der Waals surface area contributed by atoms with E-state index in [4.69, 9.17) is 4.42 Å².